The zero-order valence-corrected chi connectivity index (χ0v) is 16.2. The quantitative estimate of drug-likeness (QED) is 0.569. The van der Waals surface area contributed by atoms with Crippen LogP contribution in [-0.4, -0.2) is 23.5 Å². The van der Waals surface area contributed by atoms with Crippen LogP contribution in [0.3, 0.4) is 0 Å². The van der Waals surface area contributed by atoms with Crippen molar-refractivity contribution in [2.24, 2.45) is 0 Å². The third-order valence-corrected chi connectivity index (χ3v) is 4.86. The normalized spacial score (nSPS) is 10.4. The fourth-order valence-corrected chi connectivity index (χ4v) is 3.39. The monoisotopic (exact) mass is 400 g/mol. The molecule has 0 bridgehead atoms. The second kappa shape index (κ2) is 8.79. The van der Waals surface area contributed by atoms with Gasteiger partial charge in [0, 0.05) is 22.9 Å². The van der Waals surface area contributed by atoms with Crippen LogP contribution in [0.5, 0.6) is 0 Å². The maximum Gasteiger partial charge on any atom is 0.303 e. The summed E-state index contributed by atoms with van der Waals surface area (Å²) in [5.74, 6) is -0.824. The van der Waals surface area contributed by atoms with Gasteiger partial charge in [-0.15, -0.1) is 11.3 Å². The van der Waals surface area contributed by atoms with E-state index in [2.05, 4.69) is 4.98 Å². The lowest BCUT2D eigenvalue weighted by molar-refractivity contribution is -0.145. The van der Waals surface area contributed by atoms with Crippen LogP contribution in [-0.2, 0) is 20.9 Å². The molecule has 0 saturated carbocycles. The fraction of sp³-hybridized carbons (Fsp3) is 0.150. The van der Waals surface area contributed by atoms with Crippen LogP contribution in [0.25, 0.3) is 11.3 Å². The Hall–Kier alpha value is -2.70. The van der Waals surface area contributed by atoms with Gasteiger partial charge in [0.25, 0.3) is 5.91 Å². The third kappa shape index (κ3) is 5.15. The standard InChI is InChI=1S/C20H17ClN2O3S/c1-14(24)26-12-19(25)23(11-15-5-3-2-4-6-15)20-22-18(13-27-20)16-7-9-17(21)10-8-16/h2-10,13H,11-12H2,1H3. The third-order valence-electron chi connectivity index (χ3n) is 3.75. The number of halogens is 1. The number of hydrogen-bond acceptors (Lipinski definition) is 5. The largest absolute Gasteiger partial charge is 0.456 e. The Morgan fingerprint density at radius 3 is 2.48 bits per heavy atom. The summed E-state index contributed by atoms with van der Waals surface area (Å²) in [6.45, 7) is 1.30. The predicted molar refractivity (Wildman–Crippen MR) is 107 cm³/mol. The average Bonchev–Trinajstić information content (AvgIpc) is 3.15. The van der Waals surface area contributed by atoms with Crippen molar-refractivity contribution in [3.63, 3.8) is 0 Å². The minimum atomic E-state index is -0.496. The molecule has 0 spiro atoms. The van der Waals surface area contributed by atoms with Crippen molar-refractivity contribution < 1.29 is 14.3 Å². The minimum absolute atomic E-state index is 0.321. The summed E-state index contributed by atoms with van der Waals surface area (Å²) < 4.78 is 4.88. The Labute approximate surface area is 166 Å². The number of hydrogen-bond donors (Lipinski definition) is 0. The van der Waals surface area contributed by atoms with Gasteiger partial charge in [0.2, 0.25) is 0 Å². The first-order chi connectivity index (χ1) is 13.0. The fourth-order valence-electron chi connectivity index (χ4n) is 2.41. The van der Waals surface area contributed by atoms with E-state index in [9.17, 15) is 9.59 Å². The van der Waals surface area contributed by atoms with Gasteiger partial charge in [-0.05, 0) is 17.7 Å². The maximum absolute atomic E-state index is 12.6. The van der Waals surface area contributed by atoms with Crippen molar-refractivity contribution in [2.45, 2.75) is 13.5 Å². The number of ether oxygens (including phenoxy) is 1. The number of benzene rings is 2. The first-order valence-corrected chi connectivity index (χ1v) is 9.48. The van der Waals surface area contributed by atoms with E-state index in [-0.39, 0.29) is 12.5 Å². The molecule has 2 aromatic carbocycles. The van der Waals surface area contributed by atoms with Crippen LogP contribution < -0.4 is 4.90 Å². The summed E-state index contributed by atoms with van der Waals surface area (Å²) in [5, 5.41) is 3.08. The Kier molecular flexibility index (Phi) is 6.21. The van der Waals surface area contributed by atoms with Gasteiger partial charge in [0.05, 0.1) is 12.2 Å². The van der Waals surface area contributed by atoms with Crippen molar-refractivity contribution in [3.8, 4) is 11.3 Å². The van der Waals surface area contributed by atoms with E-state index in [0.29, 0.717) is 16.7 Å². The summed E-state index contributed by atoms with van der Waals surface area (Å²) in [7, 11) is 0. The Morgan fingerprint density at radius 2 is 1.81 bits per heavy atom. The highest BCUT2D eigenvalue weighted by Crippen LogP contribution is 2.29. The van der Waals surface area contributed by atoms with Gasteiger partial charge in [-0.1, -0.05) is 54.1 Å². The van der Waals surface area contributed by atoms with Crippen LogP contribution in [0.4, 0.5) is 5.13 Å². The summed E-state index contributed by atoms with van der Waals surface area (Å²) in [6, 6.07) is 16.9. The number of aromatic nitrogens is 1. The Bertz CT molecular complexity index is 926. The molecule has 1 heterocycles. The molecule has 5 nitrogen and oxygen atoms in total. The smallest absolute Gasteiger partial charge is 0.303 e. The molecule has 3 aromatic rings. The van der Waals surface area contributed by atoms with Crippen LogP contribution in [0, 0.1) is 0 Å². The maximum atomic E-state index is 12.6. The predicted octanol–water partition coefficient (Wildman–Crippen LogP) is 4.56. The molecule has 0 atom stereocenters. The molecule has 138 valence electrons. The van der Waals surface area contributed by atoms with Crippen LogP contribution in [0.1, 0.15) is 12.5 Å². The van der Waals surface area contributed by atoms with E-state index in [4.69, 9.17) is 16.3 Å². The van der Waals surface area contributed by atoms with Gasteiger partial charge in [-0.2, -0.15) is 0 Å². The molecule has 0 saturated heterocycles. The minimum Gasteiger partial charge on any atom is -0.456 e. The molecule has 0 aliphatic carbocycles. The van der Waals surface area contributed by atoms with Gasteiger partial charge in [-0.3, -0.25) is 14.5 Å². The van der Waals surface area contributed by atoms with Crippen molar-refractivity contribution in [3.05, 3.63) is 70.6 Å². The molecular formula is C20H17ClN2O3S. The lowest BCUT2D eigenvalue weighted by Crippen LogP contribution is -2.34. The molecule has 3 rings (SSSR count). The zero-order chi connectivity index (χ0) is 19.2. The number of nitrogens with zero attached hydrogens (tertiary/aromatic N) is 2. The van der Waals surface area contributed by atoms with Gasteiger partial charge in [-0.25, -0.2) is 4.98 Å². The zero-order valence-electron chi connectivity index (χ0n) is 14.6. The highest BCUT2D eigenvalue weighted by molar-refractivity contribution is 7.14. The van der Waals surface area contributed by atoms with Crippen molar-refractivity contribution in [1.82, 2.24) is 4.98 Å². The Balaban J connectivity index is 1.86. The second-order valence-corrected chi connectivity index (χ2v) is 7.04. The highest BCUT2D eigenvalue weighted by atomic mass is 35.5. The van der Waals surface area contributed by atoms with Crippen molar-refractivity contribution in [1.29, 1.82) is 0 Å². The molecule has 7 heteroatoms. The number of thiazole rings is 1. The number of carbonyl (C=O) groups is 2. The van der Waals surface area contributed by atoms with E-state index in [1.165, 1.54) is 23.2 Å². The summed E-state index contributed by atoms with van der Waals surface area (Å²) >= 11 is 7.29. The molecule has 1 aromatic heterocycles. The molecule has 0 radical (unpaired) electrons. The second-order valence-electron chi connectivity index (χ2n) is 5.77. The topological polar surface area (TPSA) is 59.5 Å². The van der Waals surface area contributed by atoms with Crippen LogP contribution in [0.15, 0.2) is 60.0 Å². The highest BCUT2D eigenvalue weighted by Gasteiger charge is 2.21. The number of amides is 1. The number of anilines is 1. The van der Waals surface area contributed by atoms with Gasteiger partial charge >= 0.3 is 5.97 Å². The van der Waals surface area contributed by atoms with E-state index >= 15 is 0 Å². The van der Waals surface area contributed by atoms with E-state index in [1.54, 1.807) is 12.1 Å². The summed E-state index contributed by atoms with van der Waals surface area (Å²) in [4.78, 5) is 29.8. The lowest BCUT2D eigenvalue weighted by atomic mass is 10.2. The Morgan fingerprint density at radius 1 is 1.11 bits per heavy atom. The summed E-state index contributed by atoms with van der Waals surface area (Å²) in [6.07, 6.45) is 0. The molecule has 27 heavy (non-hydrogen) atoms. The van der Waals surface area contributed by atoms with E-state index in [0.717, 1.165) is 16.8 Å². The lowest BCUT2D eigenvalue weighted by Gasteiger charge is -2.19. The van der Waals surface area contributed by atoms with Gasteiger partial charge in [0.1, 0.15) is 0 Å². The van der Waals surface area contributed by atoms with Crippen LogP contribution in [0.2, 0.25) is 5.02 Å². The van der Waals surface area contributed by atoms with E-state index in [1.807, 2.05) is 47.8 Å². The first kappa shape index (κ1) is 19.1. The van der Waals surface area contributed by atoms with Crippen LogP contribution >= 0.6 is 22.9 Å². The molecule has 1 amide bonds. The summed E-state index contributed by atoms with van der Waals surface area (Å²) in [5.41, 5.74) is 2.62. The molecular weight excluding hydrogens is 384 g/mol. The molecule has 0 N–H and O–H groups in total. The SMILES string of the molecule is CC(=O)OCC(=O)N(Cc1ccccc1)c1nc(-c2ccc(Cl)cc2)cs1. The van der Waals surface area contributed by atoms with Gasteiger partial charge < -0.3 is 4.74 Å². The molecule has 0 fully saturated rings. The van der Waals surface area contributed by atoms with Gasteiger partial charge in [0.15, 0.2) is 11.7 Å². The first-order valence-electron chi connectivity index (χ1n) is 8.22. The number of esters is 1. The average molecular weight is 401 g/mol. The molecule has 0 aliphatic heterocycles. The molecule has 0 aliphatic rings. The van der Waals surface area contributed by atoms with Crippen molar-refractivity contribution in [2.75, 3.05) is 11.5 Å². The number of rotatable bonds is 6. The van der Waals surface area contributed by atoms with E-state index < -0.39 is 5.97 Å². The van der Waals surface area contributed by atoms with Crippen molar-refractivity contribution >= 4 is 39.9 Å². The number of carbonyl (C=O) groups excluding carboxylic acids is 2. The molecule has 0 unspecified atom stereocenters.